The van der Waals surface area contributed by atoms with Crippen LogP contribution in [0.2, 0.25) is 5.02 Å². The zero-order chi connectivity index (χ0) is 13.9. The van der Waals surface area contributed by atoms with Crippen molar-refractivity contribution < 1.29 is 0 Å². The molecule has 0 bridgehead atoms. The molecule has 3 rings (SSSR count). The molecule has 0 unspecified atom stereocenters. The van der Waals surface area contributed by atoms with E-state index in [2.05, 4.69) is 17.2 Å². The number of benzene rings is 1. The molecule has 0 aliphatic heterocycles. The maximum Gasteiger partial charge on any atom is 0.121 e. The lowest BCUT2D eigenvalue weighted by Crippen LogP contribution is -2.25. The molecule has 0 atom stereocenters. The van der Waals surface area contributed by atoms with Gasteiger partial charge in [0.15, 0.2) is 0 Å². The van der Waals surface area contributed by atoms with Gasteiger partial charge in [-0.15, -0.1) is 0 Å². The molecule has 4 heteroatoms. The molecule has 1 aliphatic carbocycles. The summed E-state index contributed by atoms with van der Waals surface area (Å²) in [6.45, 7) is 2.87. The number of aryl methyl sites for hydroxylation is 1. The van der Waals surface area contributed by atoms with Crippen molar-refractivity contribution >= 4 is 11.6 Å². The summed E-state index contributed by atoms with van der Waals surface area (Å²) in [5, 5.41) is 4.33. The van der Waals surface area contributed by atoms with Gasteiger partial charge in [0.2, 0.25) is 0 Å². The summed E-state index contributed by atoms with van der Waals surface area (Å²) in [6, 6.07) is 8.51. The Balaban J connectivity index is 1.73. The van der Waals surface area contributed by atoms with E-state index in [9.17, 15) is 0 Å². The minimum atomic E-state index is 0.662. The summed E-state index contributed by atoms with van der Waals surface area (Å²) in [5.41, 5.74) is 3.16. The summed E-state index contributed by atoms with van der Waals surface area (Å²) in [4.78, 5) is 8.08. The van der Waals surface area contributed by atoms with Crippen LogP contribution in [0.25, 0.3) is 11.3 Å². The van der Waals surface area contributed by atoms with E-state index in [0.29, 0.717) is 6.04 Å². The first-order chi connectivity index (χ1) is 9.72. The summed E-state index contributed by atoms with van der Waals surface area (Å²) < 4.78 is 0. The van der Waals surface area contributed by atoms with Crippen LogP contribution < -0.4 is 5.32 Å². The lowest BCUT2D eigenvalue weighted by atomic mass is 10.1. The second-order valence-corrected chi connectivity index (χ2v) is 5.97. The highest BCUT2D eigenvalue weighted by atomic mass is 35.5. The average molecular weight is 290 g/mol. The van der Waals surface area contributed by atoms with Gasteiger partial charge in [-0.2, -0.15) is 0 Å². The van der Waals surface area contributed by atoms with Gasteiger partial charge in [-0.1, -0.05) is 36.6 Å². The fourth-order valence-corrected chi connectivity index (χ4v) is 3.08. The zero-order valence-electron chi connectivity index (χ0n) is 11.7. The van der Waals surface area contributed by atoms with Gasteiger partial charge in [0.1, 0.15) is 5.82 Å². The molecular formula is C16H20ClN3. The van der Waals surface area contributed by atoms with E-state index in [0.717, 1.165) is 34.3 Å². The Bertz CT molecular complexity index is 585. The normalized spacial score (nSPS) is 15.9. The van der Waals surface area contributed by atoms with Crippen molar-refractivity contribution in [2.75, 3.05) is 0 Å². The quantitative estimate of drug-likeness (QED) is 0.891. The Morgan fingerprint density at radius 2 is 2.15 bits per heavy atom. The maximum absolute atomic E-state index is 6.05. The number of aromatic amines is 1. The van der Waals surface area contributed by atoms with Crippen molar-refractivity contribution in [1.29, 1.82) is 0 Å². The Labute approximate surface area is 124 Å². The number of rotatable bonds is 4. The average Bonchev–Trinajstić information content (AvgIpc) is 3.05. The number of aromatic nitrogens is 2. The van der Waals surface area contributed by atoms with Gasteiger partial charge in [0.05, 0.1) is 12.2 Å². The van der Waals surface area contributed by atoms with Crippen LogP contribution in [0.15, 0.2) is 24.3 Å². The van der Waals surface area contributed by atoms with E-state index in [4.69, 9.17) is 16.6 Å². The predicted molar refractivity (Wildman–Crippen MR) is 82.9 cm³/mol. The van der Waals surface area contributed by atoms with E-state index in [1.54, 1.807) is 0 Å². The van der Waals surface area contributed by atoms with Crippen molar-refractivity contribution in [3.8, 4) is 11.3 Å². The van der Waals surface area contributed by atoms with E-state index in [1.807, 2.05) is 24.3 Å². The molecule has 2 N–H and O–H groups in total. The minimum absolute atomic E-state index is 0.662. The summed E-state index contributed by atoms with van der Waals surface area (Å²) in [6.07, 6.45) is 5.28. The molecule has 106 valence electrons. The maximum atomic E-state index is 6.05. The van der Waals surface area contributed by atoms with Crippen molar-refractivity contribution in [3.63, 3.8) is 0 Å². The monoisotopic (exact) mass is 289 g/mol. The van der Waals surface area contributed by atoms with Crippen LogP contribution in [0.3, 0.4) is 0 Å². The summed E-state index contributed by atoms with van der Waals surface area (Å²) >= 11 is 6.05. The molecule has 1 fully saturated rings. The zero-order valence-corrected chi connectivity index (χ0v) is 12.5. The Kier molecular flexibility index (Phi) is 4.08. The highest BCUT2D eigenvalue weighted by molar-refractivity contribution is 6.30. The number of imidazole rings is 1. The van der Waals surface area contributed by atoms with E-state index < -0.39 is 0 Å². The molecule has 1 aromatic heterocycles. The molecule has 0 spiro atoms. The number of halogens is 1. The Morgan fingerprint density at radius 3 is 2.90 bits per heavy atom. The Morgan fingerprint density at radius 1 is 1.35 bits per heavy atom. The first-order valence-corrected chi connectivity index (χ1v) is 7.65. The SMILES string of the molecule is Cc1[nH]c(CNC2CCCC2)nc1-c1cccc(Cl)c1. The molecule has 0 amide bonds. The van der Waals surface area contributed by atoms with E-state index in [1.165, 1.54) is 25.7 Å². The molecule has 20 heavy (non-hydrogen) atoms. The fourth-order valence-electron chi connectivity index (χ4n) is 2.89. The van der Waals surface area contributed by atoms with Crippen LogP contribution in [0.4, 0.5) is 0 Å². The first-order valence-electron chi connectivity index (χ1n) is 7.27. The Hall–Kier alpha value is -1.32. The van der Waals surface area contributed by atoms with Crippen molar-refractivity contribution in [3.05, 3.63) is 40.8 Å². The summed E-state index contributed by atoms with van der Waals surface area (Å²) in [5.74, 6) is 1.00. The molecular weight excluding hydrogens is 270 g/mol. The van der Waals surface area contributed by atoms with Crippen LogP contribution in [0, 0.1) is 6.92 Å². The standard InChI is InChI=1S/C16H20ClN3/c1-11-16(12-5-4-6-13(17)9-12)20-15(19-11)10-18-14-7-2-3-8-14/h4-6,9,14,18H,2-3,7-8,10H2,1H3,(H,19,20). The minimum Gasteiger partial charge on any atom is -0.344 e. The second kappa shape index (κ2) is 5.98. The number of hydrogen-bond acceptors (Lipinski definition) is 2. The topological polar surface area (TPSA) is 40.7 Å². The van der Waals surface area contributed by atoms with Gasteiger partial charge in [-0.25, -0.2) is 4.98 Å². The number of H-pyrrole nitrogens is 1. The van der Waals surface area contributed by atoms with Gasteiger partial charge >= 0.3 is 0 Å². The highest BCUT2D eigenvalue weighted by Crippen LogP contribution is 2.24. The molecule has 1 saturated carbocycles. The third-order valence-corrected chi connectivity index (χ3v) is 4.18. The van der Waals surface area contributed by atoms with Crippen LogP contribution >= 0.6 is 11.6 Å². The van der Waals surface area contributed by atoms with Crippen LogP contribution in [0.5, 0.6) is 0 Å². The van der Waals surface area contributed by atoms with E-state index >= 15 is 0 Å². The number of nitrogens with one attached hydrogen (secondary N) is 2. The first kappa shape index (κ1) is 13.7. The largest absolute Gasteiger partial charge is 0.344 e. The molecule has 1 heterocycles. The lowest BCUT2D eigenvalue weighted by Gasteiger charge is -2.09. The summed E-state index contributed by atoms with van der Waals surface area (Å²) in [7, 11) is 0. The predicted octanol–water partition coefficient (Wildman–Crippen LogP) is 4.07. The molecule has 1 aromatic carbocycles. The smallest absolute Gasteiger partial charge is 0.121 e. The van der Waals surface area contributed by atoms with Gasteiger partial charge in [-0.3, -0.25) is 0 Å². The van der Waals surface area contributed by atoms with Crippen molar-refractivity contribution in [2.24, 2.45) is 0 Å². The van der Waals surface area contributed by atoms with Gasteiger partial charge in [0.25, 0.3) is 0 Å². The van der Waals surface area contributed by atoms with Gasteiger partial charge in [0, 0.05) is 22.3 Å². The van der Waals surface area contributed by atoms with Gasteiger partial charge < -0.3 is 10.3 Å². The third-order valence-electron chi connectivity index (χ3n) is 3.95. The molecule has 0 radical (unpaired) electrons. The van der Waals surface area contributed by atoms with Crippen LogP contribution in [-0.2, 0) is 6.54 Å². The van der Waals surface area contributed by atoms with Gasteiger partial charge in [-0.05, 0) is 31.9 Å². The lowest BCUT2D eigenvalue weighted by molar-refractivity contribution is 0.515. The number of hydrogen-bond donors (Lipinski definition) is 2. The second-order valence-electron chi connectivity index (χ2n) is 5.53. The van der Waals surface area contributed by atoms with Crippen LogP contribution in [0.1, 0.15) is 37.2 Å². The molecule has 3 nitrogen and oxygen atoms in total. The third kappa shape index (κ3) is 3.05. The molecule has 2 aromatic rings. The van der Waals surface area contributed by atoms with Crippen molar-refractivity contribution in [1.82, 2.24) is 15.3 Å². The fraction of sp³-hybridized carbons (Fsp3) is 0.438. The van der Waals surface area contributed by atoms with E-state index in [-0.39, 0.29) is 0 Å². The molecule has 0 saturated heterocycles. The van der Waals surface area contributed by atoms with Crippen LogP contribution in [-0.4, -0.2) is 16.0 Å². The highest BCUT2D eigenvalue weighted by Gasteiger charge is 2.15. The molecule has 1 aliphatic rings. The van der Waals surface area contributed by atoms with Crippen molar-refractivity contribution in [2.45, 2.75) is 45.2 Å². The number of nitrogens with zero attached hydrogens (tertiary/aromatic N) is 1.